The second kappa shape index (κ2) is 6.70. The van der Waals surface area contributed by atoms with Crippen LogP contribution in [0.4, 0.5) is 10.7 Å². The van der Waals surface area contributed by atoms with Crippen LogP contribution >= 0.6 is 0 Å². The monoisotopic (exact) mass is 361 g/mol. The van der Waals surface area contributed by atoms with Crippen molar-refractivity contribution in [1.82, 2.24) is 19.8 Å². The predicted octanol–water partition coefficient (Wildman–Crippen LogP) is 0.579. The Morgan fingerprint density at radius 2 is 1.54 bits per heavy atom. The van der Waals surface area contributed by atoms with Gasteiger partial charge in [0, 0.05) is 58.1 Å². The zero-order valence-electron chi connectivity index (χ0n) is 16.5. The normalized spacial score (nSPS) is 21.8. The molecule has 0 atom stereocenters. The van der Waals surface area contributed by atoms with Gasteiger partial charge in [-0.25, -0.2) is 14.8 Å². The molecular formula is C17H28BN5O3. The molecule has 9 heteroatoms. The summed E-state index contributed by atoms with van der Waals surface area (Å²) in [7, 11) is 3.09. The van der Waals surface area contributed by atoms with Crippen molar-refractivity contribution >= 4 is 24.6 Å². The van der Waals surface area contributed by atoms with Crippen LogP contribution in [0.1, 0.15) is 27.7 Å². The number of carbonyl (C=O) groups is 1. The third-order valence-electron chi connectivity index (χ3n) is 5.40. The highest BCUT2D eigenvalue weighted by Gasteiger charge is 2.52. The lowest BCUT2D eigenvalue weighted by Crippen LogP contribution is -2.52. The molecule has 0 N–H and O–H groups in total. The SMILES string of the molecule is CN(C)C(=O)N1CCN(c2ncc(B3OC(C)(C)C(C)(C)O3)cn2)CC1. The van der Waals surface area contributed by atoms with Gasteiger partial charge in [-0.3, -0.25) is 0 Å². The van der Waals surface area contributed by atoms with E-state index in [0.29, 0.717) is 19.0 Å². The number of anilines is 1. The van der Waals surface area contributed by atoms with Gasteiger partial charge in [-0.1, -0.05) is 0 Å². The minimum Gasteiger partial charge on any atom is -0.399 e. The van der Waals surface area contributed by atoms with Crippen molar-refractivity contribution in [1.29, 1.82) is 0 Å². The van der Waals surface area contributed by atoms with Crippen molar-refractivity contribution < 1.29 is 14.1 Å². The maximum absolute atomic E-state index is 12.0. The fourth-order valence-corrected chi connectivity index (χ4v) is 2.98. The van der Waals surface area contributed by atoms with E-state index in [1.54, 1.807) is 31.4 Å². The highest BCUT2D eigenvalue weighted by atomic mass is 16.7. The second-order valence-corrected chi connectivity index (χ2v) is 8.06. The smallest absolute Gasteiger partial charge is 0.399 e. The number of amides is 2. The van der Waals surface area contributed by atoms with E-state index in [4.69, 9.17) is 9.31 Å². The Balaban J connectivity index is 1.62. The van der Waals surface area contributed by atoms with Crippen LogP contribution in [0.25, 0.3) is 0 Å². The standard InChI is InChI=1S/C17H28BN5O3/c1-16(2)17(3,4)26-18(25-16)13-11-19-14(20-12-13)22-7-9-23(10-8-22)15(24)21(5)6/h11-12H,7-10H2,1-6H3. The summed E-state index contributed by atoms with van der Waals surface area (Å²) in [6, 6.07) is 0.0432. The molecule has 1 aromatic heterocycles. The predicted molar refractivity (Wildman–Crippen MR) is 101 cm³/mol. The van der Waals surface area contributed by atoms with E-state index in [2.05, 4.69) is 14.9 Å². The molecule has 0 spiro atoms. The molecule has 2 aliphatic rings. The van der Waals surface area contributed by atoms with Crippen LogP contribution in [0.15, 0.2) is 12.4 Å². The Bertz CT molecular complexity index is 641. The van der Waals surface area contributed by atoms with Crippen molar-refractivity contribution in [3.8, 4) is 0 Å². The van der Waals surface area contributed by atoms with Gasteiger partial charge < -0.3 is 24.0 Å². The fourth-order valence-electron chi connectivity index (χ4n) is 2.98. The lowest BCUT2D eigenvalue weighted by molar-refractivity contribution is 0.00578. The Labute approximate surface area is 155 Å². The summed E-state index contributed by atoms with van der Waals surface area (Å²) in [5, 5.41) is 0. The number of piperazine rings is 1. The molecule has 2 saturated heterocycles. The number of hydrogen-bond donors (Lipinski definition) is 0. The molecule has 0 aromatic carbocycles. The van der Waals surface area contributed by atoms with E-state index in [0.717, 1.165) is 18.6 Å². The van der Waals surface area contributed by atoms with E-state index in [1.165, 1.54) is 0 Å². The van der Waals surface area contributed by atoms with Gasteiger partial charge in [0.1, 0.15) is 0 Å². The molecule has 26 heavy (non-hydrogen) atoms. The van der Waals surface area contributed by atoms with E-state index in [1.807, 2.05) is 32.6 Å². The number of hydrogen-bond acceptors (Lipinski definition) is 6. The Morgan fingerprint density at radius 3 is 2.00 bits per heavy atom. The maximum Gasteiger partial charge on any atom is 0.498 e. The molecule has 142 valence electrons. The van der Waals surface area contributed by atoms with Crippen LogP contribution in [0.5, 0.6) is 0 Å². The van der Waals surface area contributed by atoms with Crippen LogP contribution < -0.4 is 10.4 Å². The van der Waals surface area contributed by atoms with Crippen LogP contribution in [0.3, 0.4) is 0 Å². The Morgan fingerprint density at radius 1 is 1.04 bits per heavy atom. The average molecular weight is 361 g/mol. The first-order valence-electron chi connectivity index (χ1n) is 8.99. The van der Waals surface area contributed by atoms with Gasteiger partial charge in [0.25, 0.3) is 0 Å². The highest BCUT2D eigenvalue weighted by molar-refractivity contribution is 6.61. The van der Waals surface area contributed by atoms with Gasteiger partial charge in [0.05, 0.1) is 11.2 Å². The quantitative estimate of drug-likeness (QED) is 0.718. The molecular weight excluding hydrogens is 333 g/mol. The van der Waals surface area contributed by atoms with Crippen LogP contribution in [0.2, 0.25) is 0 Å². The lowest BCUT2D eigenvalue weighted by Gasteiger charge is -2.35. The molecule has 2 aliphatic heterocycles. The molecule has 8 nitrogen and oxygen atoms in total. The van der Waals surface area contributed by atoms with E-state index in [9.17, 15) is 4.79 Å². The van der Waals surface area contributed by atoms with E-state index < -0.39 is 7.12 Å². The van der Waals surface area contributed by atoms with Crippen LogP contribution in [-0.4, -0.2) is 84.4 Å². The minimum atomic E-state index is -0.455. The zero-order valence-corrected chi connectivity index (χ0v) is 16.5. The molecule has 0 bridgehead atoms. The van der Waals surface area contributed by atoms with Crippen molar-refractivity contribution in [2.24, 2.45) is 0 Å². The molecule has 0 radical (unpaired) electrons. The lowest BCUT2D eigenvalue weighted by atomic mass is 9.81. The highest BCUT2D eigenvalue weighted by Crippen LogP contribution is 2.36. The first-order valence-corrected chi connectivity index (χ1v) is 8.99. The van der Waals surface area contributed by atoms with Crippen molar-refractivity contribution in [3.63, 3.8) is 0 Å². The first kappa shape index (κ1) is 18.9. The minimum absolute atomic E-state index is 0.0432. The van der Waals surface area contributed by atoms with E-state index in [-0.39, 0.29) is 17.2 Å². The van der Waals surface area contributed by atoms with Crippen molar-refractivity contribution in [3.05, 3.63) is 12.4 Å². The molecule has 0 unspecified atom stereocenters. The number of aromatic nitrogens is 2. The summed E-state index contributed by atoms with van der Waals surface area (Å²) in [6.07, 6.45) is 3.53. The third kappa shape index (κ3) is 3.50. The average Bonchev–Trinajstić information content (AvgIpc) is 2.82. The summed E-state index contributed by atoms with van der Waals surface area (Å²) in [6.45, 7) is 10.9. The maximum atomic E-state index is 12.0. The van der Waals surface area contributed by atoms with Gasteiger partial charge in [-0.15, -0.1) is 0 Å². The van der Waals surface area contributed by atoms with Crippen LogP contribution in [0, 0.1) is 0 Å². The Hall–Kier alpha value is -1.87. The molecule has 2 fully saturated rings. The van der Waals surface area contributed by atoms with Crippen molar-refractivity contribution in [2.75, 3.05) is 45.2 Å². The summed E-state index contributed by atoms with van der Waals surface area (Å²) in [5.41, 5.74) is 0.0471. The van der Waals surface area contributed by atoms with Gasteiger partial charge in [-0.05, 0) is 27.7 Å². The molecule has 2 amide bonds. The molecule has 0 aliphatic carbocycles. The van der Waals surface area contributed by atoms with Crippen LogP contribution in [-0.2, 0) is 9.31 Å². The molecule has 3 heterocycles. The number of carbonyl (C=O) groups excluding carboxylic acids is 1. The topological polar surface area (TPSA) is 71.0 Å². The largest absolute Gasteiger partial charge is 0.498 e. The fraction of sp³-hybridized carbons (Fsp3) is 0.706. The third-order valence-corrected chi connectivity index (χ3v) is 5.40. The van der Waals surface area contributed by atoms with Crippen molar-refractivity contribution in [2.45, 2.75) is 38.9 Å². The zero-order chi connectivity index (χ0) is 19.1. The van der Waals surface area contributed by atoms with Gasteiger partial charge in [0.2, 0.25) is 5.95 Å². The molecule has 1 aromatic rings. The number of nitrogens with zero attached hydrogens (tertiary/aromatic N) is 5. The first-order chi connectivity index (χ1) is 12.1. The van der Waals surface area contributed by atoms with E-state index >= 15 is 0 Å². The van der Waals surface area contributed by atoms with Gasteiger partial charge in [-0.2, -0.15) is 0 Å². The second-order valence-electron chi connectivity index (χ2n) is 8.06. The summed E-state index contributed by atoms with van der Waals surface area (Å²) < 4.78 is 12.1. The number of urea groups is 1. The van der Waals surface area contributed by atoms with Gasteiger partial charge >= 0.3 is 13.1 Å². The summed E-state index contributed by atoms with van der Waals surface area (Å²) in [4.78, 5) is 26.5. The summed E-state index contributed by atoms with van der Waals surface area (Å²) in [5.74, 6) is 0.669. The molecule has 0 saturated carbocycles. The number of rotatable bonds is 2. The van der Waals surface area contributed by atoms with Gasteiger partial charge in [0.15, 0.2) is 0 Å². The Kier molecular flexibility index (Phi) is 4.87. The molecule has 3 rings (SSSR count). The summed E-state index contributed by atoms with van der Waals surface area (Å²) >= 11 is 0.